The highest BCUT2D eigenvalue weighted by molar-refractivity contribution is 6.31. The first kappa shape index (κ1) is 22.1. The van der Waals surface area contributed by atoms with E-state index in [1.54, 1.807) is 7.11 Å². The monoisotopic (exact) mass is 517 g/mol. The normalized spacial score (nSPS) is 10.7. The number of hydrogen-bond acceptors (Lipinski definition) is 6. The van der Waals surface area contributed by atoms with E-state index in [-0.39, 0.29) is 53.0 Å². The Labute approximate surface area is 184 Å². The second-order valence-corrected chi connectivity index (χ2v) is 6.28. The van der Waals surface area contributed by atoms with Crippen LogP contribution in [0.4, 0.5) is 11.6 Å². The van der Waals surface area contributed by atoms with Crippen LogP contribution in [0.3, 0.4) is 0 Å². The van der Waals surface area contributed by atoms with E-state index < -0.39 is 5.91 Å². The lowest BCUT2D eigenvalue weighted by Crippen LogP contribution is -3.00. The van der Waals surface area contributed by atoms with Crippen LogP contribution in [-0.4, -0.2) is 34.2 Å². The number of aryl methyl sites for hydroxylation is 1. The summed E-state index contributed by atoms with van der Waals surface area (Å²) in [4.78, 5) is 20.3. The third-order valence-electron chi connectivity index (χ3n) is 4.28. The van der Waals surface area contributed by atoms with Gasteiger partial charge in [0, 0.05) is 7.11 Å². The maximum Gasteiger partial charge on any atom is 0.277 e. The van der Waals surface area contributed by atoms with Crippen molar-refractivity contribution in [3.63, 3.8) is 0 Å². The van der Waals surface area contributed by atoms with Gasteiger partial charge in [-0.05, 0) is 12.1 Å². The van der Waals surface area contributed by atoms with Crippen LogP contribution < -0.4 is 45.3 Å². The van der Waals surface area contributed by atoms with Crippen molar-refractivity contribution in [2.24, 2.45) is 7.05 Å². The molecular weight excluding hydrogens is 497 g/mol. The quantitative estimate of drug-likeness (QED) is 0.249. The fourth-order valence-corrected chi connectivity index (χ4v) is 3.06. The van der Waals surface area contributed by atoms with Gasteiger partial charge in [0.2, 0.25) is 0 Å². The Morgan fingerprint density at radius 2 is 2.00 bits per heavy atom. The predicted octanol–water partition coefficient (Wildman–Crippen LogP) is -2.35. The predicted molar refractivity (Wildman–Crippen MR) is 102 cm³/mol. The van der Waals surface area contributed by atoms with Gasteiger partial charge in [-0.2, -0.15) is 0 Å². The number of hydrogen-bond donors (Lipinski definition) is 3. The lowest BCUT2D eigenvalue weighted by molar-refractivity contribution is -0.654. The first-order valence-corrected chi connectivity index (χ1v) is 8.63. The van der Waals surface area contributed by atoms with Crippen LogP contribution in [0.25, 0.3) is 11.0 Å². The molecule has 28 heavy (non-hydrogen) atoms. The standard InChI is InChI=1S/C17H20ClN7O2.HI/c1-24-10-5-3-4-6-11(10)25(7-8-27-2)12(24)9-21-17(26)13-15(19)23-16(20)14(18)22-13;/h3-6H,7-9H2,1-2H3,(H4-,19,20,21,23,26);1H. The van der Waals surface area contributed by atoms with E-state index in [0.29, 0.717) is 13.2 Å². The largest absolute Gasteiger partial charge is 1.00 e. The van der Waals surface area contributed by atoms with E-state index in [4.69, 9.17) is 27.8 Å². The van der Waals surface area contributed by atoms with Gasteiger partial charge in [-0.25, -0.2) is 19.1 Å². The van der Waals surface area contributed by atoms with Crippen molar-refractivity contribution in [2.75, 3.05) is 25.2 Å². The van der Waals surface area contributed by atoms with Gasteiger partial charge in [0.05, 0.1) is 13.7 Å². The van der Waals surface area contributed by atoms with E-state index in [1.807, 2.05) is 35.9 Å². The highest BCUT2D eigenvalue weighted by Gasteiger charge is 2.24. The summed E-state index contributed by atoms with van der Waals surface area (Å²) in [6.07, 6.45) is 0. The number of carbonyl (C=O) groups excluding carboxylic acids is 1. The number of nitrogens with one attached hydrogen (secondary N) is 1. The molecule has 0 spiro atoms. The highest BCUT2D eigenvalue weighted by Crippen LogP contribution is 2.18. The molecule has 0 aliphatic rings. The van der Waals surface area contributed by atoms with E-state index in [1.165, 1.54) is 0 Å². The van der Waals surface area contributed by atoms with Crippen molar-refractivity contribution in [3.8, 4) is 0 Å². The molecule has 5 N–H and O–H groups in total. The maximum absolute atomic E-state index is 12.5. The Kier molecular flexibility index (Phi) is 7.38. The Balaban J connectivity index is 0.00000280. The van der Waals surface area contributed by atoms with Crippen LogP contribution >= 0.6 is 11.6 Å². The van der Waals surface area contributed by atoms with Crippen LogP contribution in [0.1, 0.15) is 16.3 Å². The lowest BCUT2D eigenvalue weighted by atomic mass is 10.3. The molecule has 1 amide bonds. The minimum atomic E-state index is -0.481. The molecule has 1 aromatic carbocycles. The van der Waals surface area contributed by atoms with Gasteiger partial charge in [-0.3, -0.25) is 4.79 Å². The molecule has 0 radical (unpaired) electrons. The van der Waals surface area contributed by atoms with E-state index in [9.17, 15) is 4.79 Å². The SMILES string of the molecule is COCCn1c(CNC(=O)c2nc(Cl)c(N)nc2N)[n+](C)c2ccccc21.[I-]. The second-order valence-electron chi connectivity index (χ2n) is 5.92. The average Bonchev–Trinajstić information content (AvgIpc) is 2.92. The molecule has 9 nitrogen and oxygen atoms in total. The first-order chi connectivity index (χ1) is 12.9. The summed E-state index contributed by atoms with van der Waals surface area (Å²) in [5.41, 5.74) is 13.3. The van der Waals surface area contributed by atoms with Crippen LogP contribution in [0, 0.1) is 0 Å². The molecule has 0 atom stereocenters. The van der Waals surface area contributed by atoms with Crippen LogP contribution in [-0.2, 0) is 24.9 Å². The van der Waals surface area contributed by atoms with Gasteiger partial charge >= 0.3 is 0 Å². The van der Waals surface area contributed by atoms with Crippen LogP contribution in [0.15, 0.2) is 24.3 Å². The molecule has 3 rings (SSSR count). The number of carbonyl (C=O) groups is 1. The summed E-state index contributed by atoms with van der Waals surface area (Å²) < 4.78 is 9.34. The van der Waals surface area contributed by atoms with Crippen molar-refractivity contribution < 1.29 is 38.1 Å². The number of amides is 1. The molecule has 0 saturated heterocycles. The molecule has 0 bridgehead atoms. The van der Waals surface area contributed by atoms with E-state index in [0.717, 1.165) is 16.9 Å². The minimum absolute atomic E-state index is 0. The zero-order valence-corrected chi connectivity index (χ0v) is 18.4. The van der Waals surface area contributed by atoms with Gasteiger partial charge < -0.3 is 45.5 Å². The van der Waals surface area contributed by atoms with Gasteiger partial charge in [-0.1, -0.05) is 23.7 Å². The number of nitrogen functional groups attached to an aromatic ring is 2. The number of methoxy groups -OCH3 is 1. The van der Waals surface area contributed by atoms with Crippen molar-refractivity contribution in [3.05, 3.63) is 40.9 Å². The van der Waals surface area contributed by atoms with Crippen molar-refractivity contribution in [1.82, 2.24) is 19.9 Å². The molecule has 2 aromatic heterocycles. The number of imidazole rings is 1. The molecule has 0 aliphatic heterocycles. The number of benzene rings is 1. The number of halogens is 2. The summed E-state index contributed by atoms with van der Waals surface area (Å²) in [5, 5.41) is 2.76. The van der Waals surface area contributed by atoms with Gasteiger partial charge in [-0.15, -0.1) is 0 Å². The highest BCUT2D eigenvalue weighted by atomic mass is 127. The van der Waals surface area contributed by atoms with Crippen molar-refractivity contribution in [2.45, 2.75) is 13.1 Å². The number of nitrogens with zero attached hydrogens (tertiary/aromatic N) is 4. The van der Waals surface area contributed by atoms with Crippen LogP contribution in [0.2, 0.25) is 5.15 Å². The number of rotatable bonds is 6. The van der Waals surface area contributed by atoms with Gasteiger partial charge in [0.1, 0.15) is 13.1 Å². The average molecular weight is 518 g/mol. The fraction of sp³-hybridized carbons (Fsp3) is 0.294. The van der Waals surface area contributed by atoms with Crippen LogP contribution in [0.5, 0.6) is 0 Å². The second kappa shape index (κ2) is 9.34. The number of para-hydroxylation sites is 2. The smallest absolute Gasteiger partial charge is 0.277 e. The first-order valence-electron chi connectivity index (χ1n) is 8.25. The number of aromatic nitrogens is 4. The lowest BCUT2D eigenvalue weighted by Gasteiger charge is -2.08. The Hall–Kier alpha value is -2.18. The summed E-state index contributed by atoms with van der Waals surface area (Å²) >= 11 is 5.85. The molecule has 0 aliphatic carbocycles. The zero-order valence-electron chi connectivity index (χ0n) is 15.4. The zero-order chi connectivity index (χ0) is 19.6. The van der Waals surface area contributed by atoms with Gasteiger partial charge in [0.25, 0.3) is 11.7 Å². The summed E-state index contributed by atoms with van der Waals surface area (Å²) in [5.74, 6) is 0.329. The van der Waals surface area contributed by atoms with Crippen molar-refractivity contribution in [1.29, 1.82) is 0 Å². The molecule has 2 heterocycles. The summed E-state index contributed by atoms with van der Waals surface area (Å²) in [7, 11) is 3.60. The molecule has 0 fully saturated rings. The topological polar surface area (TPSA) is 125 Å². The van der Waals surface area contributed by atoms with E-state index in [2.05, 4.69) is 19.9 Å². The number of nitrogens with two attached hydrogens (primary N) is 2. The Morgan fingerprint density at radius 3 is 2.71 bits per heavy atom. The third-order valence-corrected chi connectivity index (χ3v) is 4.56. The number of anilines is 2. The molecule has 3 aromatic rings. The third kappa shape index (κ3) is 4.28. The number of fused-ring (bicyclic) bond motifs is 1. The molecule has 11 heteroatoms. The molecule has 0 unspecified atom stereocenters. The van der Waals surface area contributed by atoms with E-state index >= 15 is 0 Å². The maximum atomic E-state index is 12.5. The Bertz CT molecular complexity index is 1010. The van der Waals surface area contributed by atoms with Crippen molar-refractivity contribution >= 4 is 40.2 Å². The minimum Gasteiger partial charge on any atom is -1.00 e. The molecule has 150 valence electrons. The molecule has 0 saturated carbocycles. The van der Waals surface area contributed by atoms with Gasteiger partial charge in [0.15, 0.2) is 33.5 Å². The Morgan fingerprint density at radius 1 is 1.29 bits per heavy atom. The molecular formula is C17H21ClIN7O2. The summed E-state index contributed by atoms with van der Waals surface area (Å²) in [6, 6.07) is 7.99. The fourth-order valence-electron chi connectivity index (χ4n) is 2.93. The number of ether oxygens (including phenoxy) is 1. The summed E-state index contributed by atoms with van der Waals surface area (Å²) in [6.45, 7) is 1.46.